The molecule has 122 valence electrons. The van der Waals surface area contributed by atoms with Crippen molar-refractivity contribution in [1.29, 1.82) is 0 Å². The predicted octanol–water partition coefficient (Wildman–Crippen LogP) is 2.56. The standard InChI is InChI=1S/C15H12N4O2S3/c1-22-14-17-10-7-9(24-12(10)13(21)18-14)3-2-8-6-11(20)19-4-5-23-15(19)16-8/h4-7H,2-3H2,1H3,(H,17,18,21). The Morgan fingerprint density at radius 3 is 2.96 bits per heavy atom. The van der Waals surface area contributed by atoms with Gasteiger partial charge in [0.1, 0.15) is 4.70 Å². The summed E-state index contributed by atoms with van der Waals surface area (Å²) in [5.41, 5.74) is 1.34. The highest BCUT2D eigenvalue weighted by Crippen LogP contribution is 2.23. The third-order valence-electron chi connectivity index (χ3n) is 3.59. The lowest BCUT2D eigenvalue weighted by molar-refractivity contribution is 0.911. The van der Waals surface area contributed by atoms with Crippen molar-refractivity contribution in [3.63, 3.8) is 0 Å². The summed E-state index contributed by atoms with van der Waals surface area (Å²) in [4.78, 5) is 37.5. The van der Waals surface area contributed by atoms with Gasteiger partial charge in [-0.25, -0.2) is 9.97 Å². The monoisotopic (exact) mass is 376 g/mol. The first-order chi connectivity index (χ1) is 11.6. The Hall–Kier alpha value is -1.97. The molecular weight excluding hydrogens is 364 g/mol. The van der Waals surface area contributed by atoms with Crippen molar-refractivity contribution in [3.05, 3.63) is 55.0 Å². The van der Waals surface area contributed by atoms with Gasteiger partial charge in [-0.3, -0.25) is 14.0 Å². The molecule has 4 aromatic heterocycles. The summed E-state index contributed by atoms with van der Waals surface area (Å²) in [6, 6.07) is 3.52. The summed E-state index contributed by atoms with van der Waals surface area (Å²) in [6.07, 6.45) is 4.99. The Balaban J connectivity index is 1.63. The first kappa shape index (κ1) is 15.6. The molecule has 0 amide bonds. The molecule has 0 bridgehead atoms. The Morgan fingerprint density at radius 2 is 2.12 bits per heavy atom. The van der Waals surface area contributed by atoms with Gasteiger partial charge in [-0.1, -0.05) is 11.8 Å². The van der Waals surface area contributed by atoms with Gasteiger partial charge in [-0.05, 0) is 25.2 Å². The highest BCUT2D eigenvalue weighted by Gasteiger charge is 2.10. The molecule has 0 aromatic carbocycles. The van der Waals surface area contributed by atoms with Crippen molar-refractivity contribution >= 4 is 49.6 Å². The number of H-pyrrole nitrogens is 1. The molecule has 0 aliphatic rings. The molecule has 4 rings (SSSR count). The van der Waals surface area contributed by atoms with Crippen molar-refractivity contribution in [3.8, 4) is 0 Å². The van der Waals surface area contributed by atoms with Crippen molar-refractivity contribution < 1.29 is 0 Å². The lowest BCUT2D eigenvalue weighted by Crippen LogP contribution is -2.13. The number of nitrogens with zero attached hydrogens (tertiary/aromatic N) is 3. The lowest BCUT2D eigenvalue weighted by Gasteiger charge is -1.99. The number of hydrogen-bond donors (Lipinski definition) is 1. The maximum absolute atomic E-state index is 12.1. The summed E-state index contributed by atoms with van der Waals surface area (Å²) in [6.45, 7) is 0. The molecule has 0 unspecified atom stereocenters. The molecule has 0 atom stereocenters. The zero-order chi connectivity index (χ0) is 16.7. The summed E-state index contributed by atoms with van der Waals surface area (Å²) in [5.74, 6) is 0. The van der Waals surface area contributed by atoms with E-state index in [2.05, 4.69) is 15.0 Å². The molecule has 0 fully saturated rings. The van der Waals surface area contributed by atoms with Crippen LogP contribution in [-0.4, -0.2) is 25.6 Å². The van der Waals surface area contributed by atoms with Gasteiger partial charge >= 0.3 is 0 Å². The van der Waals surface area contributed by atoms with E-state index in [1.807, 2.05) is 17.7 Å². The third kappa shape index (κ3) is 2.79. The number of aromatic nitrogens is 4. The average molecular weight is 376 g/mol. The molecular formula is C15H12N4O2S3. The molecule has 0 saturated carbocycles. The van der Waals surface area contributed by atoms with Crippen LogP contribution >= 0.6 is 34.4 Å². The topological polar surface area (TPSA) is 80.1 Å². The van der Waals surface area contributed by atoms with Crippen LogP contribution in [0.15, 0.2) is 38.5 Å². The molecule has 0 aliphatic heterocycles. The number of aromatic amines is 1. The minimum absolute atomic E-state index is 0.0599. The first-order valence-corrected chi connectivity index (χ1v) is 10.1. The molecule has 0 radical (unpaired) electrons. The summed E-state index contributed by atoms with van der Waals surface area (Å²) in [7, 11) is 0. The van der Waals surface area contributed by atoms with Crippen molar-refractivity contribution in [2.75, 3.05) is 6.26 Å². The number of rotatable bonds is 4. The van der Waals surface area contributed by atoms with Crippen molar-refractivity contribution in [1.82, 2.24) is 19.4 Å². The quantitative estimate of drug-likeness (QED) is 0.437. The van der Waals surface area contributed by atoms with Crippen LogP contribution in [0.25, 0.3) is 15.2 Å². The van der Waals surface area contributed by atoms with E-state index in [4.69, 9.17) is 0 Å². The van der Waals surface area contributed by atoms with Crippen molar-refractivity contribution in [2.45, 2.75) is 18.0 Å². The Morgan fingerprint density at radius 1 is 1.25 bits per heavy atom. The van der Waals surface area contributed by atoms with E-state index in [0.29, 0.717) is 21.2 Å². The minimum atomic E-state index is -0.100. The molecule has 9 heteroatoms. The molecule has 4 heterocycles. The maximum atomic E-state index is 12.1. The highest BCUT2D eigenvalue weighted by molar-refractivity contribution is 7.98. The van der Waals surface area contributed by atoms with E-state index in [0.717, 1.165) is 22.5 Å². The maximum Gasteiger partial charge on any atom is 0.269 e. The van der Waals surface area contributed by atoms with E-state index in [-0.39, 0.29) is 11.1 Å². The van der Waals surface area contributed by atoms with E-state index >= 15 is 0 Å². The van der Waals surface area contributed by atoms with Crippen LogP contribution in [0.5, 0.6) is 0 Å². The second-order valence-electron chi connectivity index (χ2n) is 5.14. The molecule has 1 N–H and O–H groups in total. The van der Waals surface area contributed by atoms with Gasteiger partial charge in [0, 0.05) is 28.2 Å². The molecule has 0 saturated heterocycles. The van der Waals surface area contributed by atoms with Crippen LogP contribution < -0.4 is 11.1 Å². The number of fused-ring (bicyclic) bond motifs is 2. The second kappa shape index (κ2) is 6.15. The Bertz CT molecular complexity index is 1150. The number of hydrogen-bond acceptors (Lipinski definition) is 7. The fourth-order valence-corrected chi connectivity index (χ4v) is 4.57. The van der Waals surface area contributed by atoms with E-state index < -0.39 is 0 Å². The summed E-state index contributed by atoms with van der Waals surface area (Å²) >= 11 is 4.30. The number of thiazole rings is 1. The van der Waals surface area contributed by atoms with Crippen LogP contribution in [0.4, 0.5) is 0 Å². The lowest BCUT2D eigenvalue weighted by atomic mass is 10.2. The van der Waals surface area contributed by atoms with Crippen LogP contribution in [0.2, 0.25) is 0 Å². The van der Waals surface area contributed by atoms with Gasteiger partial charge in [0.15, 0.2) is 10.1 Å². The Kier molecular flexibility index (Phi) is 3.99. The normalized spacial score (nSPS) is 11.5. The fourth-order valence-electron chi connectivity index (χ4n) is 2.45. The van der Waals surface area contributed by atoms with Gasteiger partial charge < -0.3 is 4.98 Å². The van der Waals surface area contributed by atoms with Gasteiger partial charge in [0.25, 0.3) is 11.1 Å². The zero-order valence-electron chi connectivity index (χ0n) is 12.6. The fraction of sp³-hybridized carbons (Fsp3) is 0.200. The van der Waals surface area contributed by atoms with E-state index in [1.165, 1.54) is 34.4 Å². The van der Waals surface area contributed by atoms with Gasteiger partial charge in [0.2, 0.25) is 0 Å². The smallest absolute Gasteiger partial charge is 0.269 e. The van der Waals surface area contributed by atoms with E-state index in [9.17, 15) is 9.59 Å². The molecule has 4 aromatic rings. The van der Waals surface area contributed by atoms with E-state index in [1.54, 1.807) is 16.7 Å². The van der Waals surface area contributed by atoms with Crippen LogP contribution in [0.3, 0.4) is 0 Å². The first-order valence-electron chi connectivity index (χ1n) is 7.16. The molecule has 24 heavy (non-hydrogen) atoms. The second-order valence-corrected chi connectivity index (χ2v) is 7.95. The largest absolute Gasteiger partial charge is 0.300 e. The van der Waals surface area contributed by atoms with Gasteiger partial charge in [0.05, 0.1) is 5.52 Å². The average Bonchev–Trinajstić information content (AvgIpc) is 3.19. The molecule has 0 aliphatic carbocycles. The summed E-state index contributed by atoms with van der Waals surface area (Å²) < 4.78 is 2.19. The van der Waals surface area contributed by atoms with Crippen molar-refractivity contribution in [2.24, 2.45) is 0 Å². The van der Waals surface area contributed by atoms with Crippen LogP contribution in [-0.2, 0) is 12.8 Å². The SMILES string of the molecule is CSc1nc2cc(CCc3cc(=O)n4ccsc4n3)sc2c(=O)[nH]1. The van der Waals surface area contributed by atoms with Gasteiger partial charge in [-0.15, -0.1) is 22.7 Å². The van der Waals surface area contributed by atoms with Crippen LogP contribution in [0.1, 0.15) is 10.6 Å². The third-order valence-corrected chi connectivity index (χ3v) is 6.11. The summed E-state index contributed by atoms with van der Waals surface area (Å²) in [5, 5.41) is 2.47. The minimum Gasteiger partial charge on any atom is -0.300 e. The van der Waals surface area contributed by atoms with Gasteiger partial charge in [-0.2, -0.15) is 0 Å². The van der Waals surface area contributed by atoms with Crippen LogP contribution in [0, 0.1) is 0 Å². The zero-order valence-corrected chi connectivity index (χ0v) is 15.1. The number of nitrogens with one attached hydrogen (secondary N) is 1. The Labute approximate surface area is 148 Å². The predicted molar refractivity (Wildman–Crippen MR) is 98.8 cm³/mol. The molecule has 6 nitrogen and oxygen atoms in total. The highest BCUT2D eigenvalue weighted by atomic mass is 32.2. The number of thiophene rings is 1. The molecule has 0 spiro atoms. The number of aryl methyl sites for hydroxylation is 2. The number of thioether (sulfide) groups is 1.